The molecule has 1 heterocycles. The molecule has 110 valence electrons. The van der Waals surface area contributed by atoms with Gasteiger partial charge < -0.3 is 19.5 Å². The van der Waals surface area contributed by atoms with Crippen molar-refractivity contribution in [3.63, 3.8) is 0 Å². The van der Waals surface area contributed by atoms with Gasteiger partial charge >= 0.3 is 0 Å². The van der Waals surface area contributed by atoms with Gasteiger partial charge in [0.2, 0.25) is 0 Å². The highest BCUT2D eigenvalue weighted by molar-refractivity contribution is 5.51. The fourth-order valence-corrected chi connectivity index (χ4v) is 2.54. The van der Waals surface area contributed by atoms with Crippen LogP contribution in [0.15, 0.2) is 42.5 Å². The Hall–Kier alpha value is -2.36. The Morgan fingerprint density at radius 2 is 1.71 bits per heavy atom. The van der Waals surface area contributed by atoms with E-state index < -0.39 is 0 Å². The molecule has 1 N–H and O–H groups in total. The lowest BCUT2D eigenvalue weighted by Crippen LogP contribution is -2.20. The Bertz CT molecular complexity index is 610. The molecule has 0 saturated carbocycles. The summed E-state index contributed by atoms with van der Waals surface area (Å²) in [6.07, 6.45) is 0.923. The van der Waals surface area contributed by atoms with E-state index in [-0.39, 0.29) is 6.04 Å². The number of anilines is 1. The van der Waals surface area contributed by atoms with Crippen LogP contribution in [0.5, 0.6) is 17.2 Å². The van der Waals surface area contributed by atoms with Crippen LogP contribution in [0.1, 0.15) is 18.0 Å². The second kappa shape index (κ2) is 5.95. The van der Waals surface area contributed by atoms with Crippen LogP contribution in [0.3, 0.4) is 0 Å². The molecule has 1 aliphatic heterocycles. The summed E-state index contributed by atoms with van der Waals surface area (Å²) in [5, 5.41) is 3.55. The summed E-state index contributed by atoms with van der Waals surface area (Å²) in [4.78, 5) is 0. The minimum Gasteiger partial charge on any atom is -0.497 e. The second-order valence-electron chi connectivity index (χ2n) is 4.97. The highest BCUT2D eigenvalue weighted by Gasteiger charge is 2.22. The SMILES string of the molecule is COc1ccc(NC2CCOc3ccc(OC)cc32)cc1. The van der Waals surface area contributed by atoms with Gasteiger partial charge in [-0.1, -0.05) is 0 Å². The Morgan fingerprint density at radius 1 is 1.00 bits per heavy atom. The predicted octanol–water partition coefficient (Wildman–Crippen LogP) is 3.64. The summed E-state index contributed by atoms with van der Waals surface area (Å²) in [6, 6.07) is 14.1. The van der Waals surface area contributed by atoms with Crippen LogP contribution in [0.25, 0.3) is 0 Å². The summed E-state index contributed by atoms with van der Waals surface area (Å²) < 4.78 is 16.2. The smallest absolute Gasteiger partial charge is 0.124 e. The molecule has 1 atom stereocenters. The fourth-order valence-electron chi connectivity index (χ4n) is 2.54. The van der Waals surface area contributed by atoms with Crippen molar-refractivity contribution in [2.24, 2.45) is 0 Å². The summed E-state index contributed by atoms with van der Waals surface area (Å²) in [5.41, 5.74) is 2.20. The molecule has 0 saturated heterocycles. The maximum atomic E-state index is 5.71. The van der Waals surface area contributed by atoms with E-state index in [0.29, 0.717) is 6.61 Å². The molecule has 1 aliphatic rings. The summed E-state index contributed by atoms with van der Waals surface area (Å²) in [5.74, 6) is 2.63. The molecule has 1 unspecified atom stereocenters. The van der Waals surface area contributed by atoms with Crippen molar-refractivity contribution >= 4 is 5.69 Å². The van der Waals surface area contributed by atoms with Gasteiger partial charge in [-0.15, -0.1) is 0 Å². The molecule has 2 aromatic rings. The number of ether oxygens (including phenoxy) is 3. The number of benzene rings is 2. The minimum atomic E-state index is 0.220. The maximum absolute atomic E-state index is 5.71. The monoisotopic (exact) mass is 285 g/mol. The first kappa shape index (κ1) is 13.6. The zero-order valence-corrected chi connectivity index (χ0v) is 12.3. The molecule has 0 spiro atoms. The molecule has 4 heteroatoms. The Kier molecular flexibility index (Phi) is 3.86. The van der Waals surface area contributed by atoms with Crippen LogP contribution in [-0.4, -0.2) is 20.8 Å². The number of nitrogens with one attached hydrogen (secondary N) is 1. The first-order chi connectivity index (χ1) is 10.3. The standard InChI is InChI=1S/C17H19NO3/c1-19-13-5-3-12(4-6-13)18-16-9-10-21-17-8-7-14(20-2)11-15(16)17/h3-8,11,16,18H,9-10H2,1-2H3. The normalized spacial score (nSPS) is 16.6. The number of hydrogen-bond donors (Lipinski definition) is 1. The molecule has 0 fully saturated rings. The highest BCUT2D eigenvalue weighted by atomic mass is 16.5. The van der Waals surface area contributed by atoms with E-state index in [4.69, 9.17) is 14.2 Å². The summed E-state index contributed by atoms with van der Waals surface area (Å²) in [6.45, 7) is 0.715. The molecular weight excluding hydrogens is 266 g/mol. The molecule has 3 rings (SSSR count). The van der Waals surface area contributed by atoms with Crippen molar-refractivity contribution in [1.29, 1.82) is 0 Å². The van der Waals surface area contributed by atoms with Crippen LogP contribution >= 0.6 is 0 Å². The van der Waals surface area contributed by atoms with Crippen molar-refractivity contribution < 1.29 is 14.2 Å². The molecule has 2 aromatic carbocycles. The van der Waals surface area contributed by atoms with E-state index >= 15 is 0 Å². The van der Waals surface area contributed by atoms with Gasteiger partial charge in [0.1, 0.15) is 17.2 Å². The van der Waals surface area contributed by atoms with Crippen molar-refractivity contribution in [2.45, 2.75) is 12.5 Å². The maximum Gasteiger partial charge on any atom is 0.124 e. The lowest BCUT2D eigenvalue weighted by Gasteiger charge is -2.28. The Morgan fingerprint density at radius 3 is 2.43 bits per heavy atom. The van der Waals surface area contributed by atoms with E-state index in [9.17, 15) is 0 Å². The van der Waals surface area contributed by atoms with Gasteiger partial charge in [0.05, 0.1) is 26.9 Å². The topological polar surface area (TPSA) is 39.7 Å². The van der Waals surface area contributed by atoms with E-state index in [1.165, 1.54) is 0 Å². The lowest BCUT2D eigenvalue weighted by atomic mass is 10.00. The van der Waals surface area contributed by atoms with E-state index in [1.54, 1.807) is 14.2 Å². The van der Waals surface area contributed by atoms with Gasteiger partial charge in [-0.25, -0.2) is 0 Å². The first-order valence-electron chi connectivity index (χ1n) is 7.01. The van der Waals surface area contributed by atoms with Gasteiger partial charge in [-0.2, -0.15) is 0 Å². The van der Waals surface area contributed by atoms with E-state index in [0.717, 1.165) is 34.9 Å². The third-order valence-corrected chi connectivity index (χ3v) is 3.69. The van der Waals surface area contributed by atoms with E-state index in [1.807, 2.05) is 42.5 Å². The van der Waals surface area contributed by atoms with Gasteiger partial charge in [0, 0.05) is 17.7 Å². The first-order valence-corrected chi connectivity index (χ1v) is 7.01. The third-order valence-electron chi connectivity index (χ3n) is 3.69. The Labute approximate surface area is 124 Å². The highest BCUT2D eigenvalue weighted by Crippen LogP contribution is 2.36. The number of hydrogen-bond acceptors (Lipinski definition) is 4. The average molecular weight is 285 g/mol. The van der Waals surface area contributed by atoms with Gasteiger partial charge in [-0.05, 0) is 42.5 Å². The van der Waals surface area contributed by atoms with Gasteiger partial charge in [0.15, 0.2) is 0 Å². The number of rotatable bonds is 4. The molecule has 0 amide bonds. The number of fused-ring (bicyclic) bond motifs is 1. The molecule has 0 aromatic heterocycles. The molecule has 0 bridgehead atoms. The van der Waals surface area contributed by atoms with E-state index in [2.05, 4.69) is 5.32 Å². The van der Waals surface area contributed by atoms with Crippen molar-refractivity contribution in [3.8, 4) is 17.2 Å². The third kappa shape index (κ3) is 2.89. The number of methoxy groups -OCH3 is 2. The van der Waals surface area contributed by atoms with Crippen molar-refractivity contribution in [2.75, 3.05) is 26.1 Å². The van der Waals surface area contributed by atoms with Gasteiger partial charge in [0.25, 0.3) is 0 Å². The molecule has 4 nitrogen and oxygen atoms in total. The minimum absolute atomic E-state index is 0.220. The Balaban J connectivity index is 1.83. The zero-order valence-electron chi connectivity index (χ0n) is 12.3. The largest absolute Gasteiger partial charge is 0.497 e. The fraction of sp³-hybridized carbons (Fsp3) is 0.294. The molecule has 0 aliphatic carbocycles. The van der Waals surface area contributed by atoms with Crippen LogP contribution in [-0.2, 0) is 0 Å². The molecular formula is C17H19NO3. The van der Waals surface area contributed by atoms with Crippen LogP contribution < -0.4 is 19.5 Å². The second-order valence-corrected chi connectivity index (χ2v) is 4.97. The van der Waals surface area contributed by atoms with Crippen LogP contribution in [0.2, 0.25) is 0 Å². The van der Waals surface area contributed by atoms with Crippen molar-refractivity contribution in [3.05, 3.63) is 48.0 Å². The molecule has 0 radical (unpaired) electrons. The quantitative estimate of drug-likeness (QED) is 0.931. The summed E-state index contributed by atoms with van der Waals surface area (Å²) in [7, 11) is 3.35. The summed E-state index contributed by atoms with van der Waals surface area (Å²) >= 11 is 0. The van der Waals surface area contributed by atoms with Crippen molar-refractivity contribution in [1.82, 2.24) is 0 Å². The predicted molar refractivity (Wildman–Crippen MR) is 82.5 cm³/mol. The molecule has 21 heavy (non-hydrogen) atoms. The average Bonchev–Trinajstić information content (AvgIpc) is 2.55. The lowest BCUT2D eigenvalue weighted by molar-refractivity contribution is 0.273. The van der Waals surface area contributed by atoms with Crippen LogP contribution in [0, 0.1) is 0 Å². The van der Waals surface area contributed by atoms with Crippen LogP contribution in [0.4, 0.5) is 5.69 Å². The van der Waals surface area contributed by atoms with Gasteiger partial charge in [-0.3, -0.25) is 0 Å². The zero-order chi connectivity index (χ0) is 14.7.